The Morgan fingerprint density at radius 3 is 2.36 bits per heavy atom. The number of amides is 2. The molecule has 2 saturated heterocycles. The summed E-state index contributed by atoms with van der Waals surface area (Å²) < 4.78 is 29.8. The number of para-hydroxylation sites is 1. The van der Waals surface area contributed by atoms with E-state index in [1.54, 1.807) is 12.0 Å². The fraction of sp³-hybridized carbons (Fsp3) is 0.395. The van der Waals surface area contributed by atoms with Crippen LogP contribution in [0.5, 0.6) is 11.5 Å². The van der Waals surface area contributed by atoms with Gasteiger partial charge in [0.25, 0.3) is 5.91 Å². The third-order valence-electron chi connectivity index (χ3n) is 10.3. The van der Waals surface area contributed by atoms with Gasteiger partial charge in [0, 0.05) is 51.3 Å². The number of methoxy groups -OCH3 is 1. The minimum absolute atomic E-state index is 0.00662. The van der Waals surface area contributed by atoms with E-state index < -0.39 is 0 Å². The predicted molar refractivity (Wildman–Crippen MR) is 203 cm³/mol. The molecule has 7 rings (SSSR count). The zero-order valence-electron chi connectivity index (χ0n) is 30.4. The summed E-state index contributed by atoms with van der Waals surface area (Å²) in [6, 6.07) is 33.6. The number of likely N-dealkylation sites (tertiary alicyclic amines) is 2. The van der Waals surface area contributed by atoms with E-state index in [1.165, 1.54) is 0 Å². The molecule has 0 aliphatic carbocycles. The standard InChI is InChI=1S/C43H49N3O7/c1-49-25-8-21-44-24-26-50-40-18-13-33(27-39(40)44)31-51-41-29-46(43(48)52-30-32-9-4-2-5-10-32)23-20-38(41)34-14-16-35(17-15-34)42(47)45-22-19-37(28-45)53-36-11-6-3-7-12-36/h2-7,9-18,27,37-38,41H,8,19-26,28-31H2,1H3. The topological polar surface area (TPSA) is 90.0 Å². The van der Waals surface area contributed by atoms with Gasteiger partial charge in [0.15, 0.2) is 0 Å². The van der Waals surface area contributed by atoms with Crippen molar-refractivity contribution in [2.24, 2.45) is 0 Å². The molecule has 2 fully saturated rings. The summed E-state index contributed by atoms with van der Waals surface area (Å²) in [5.74, 6) is 1.73. The number of carbonyl (C=O) groups is 2. The maximum atomic E-state index is 13.5. The minimum Gasteiger partial charge on any atom is -0.490 e. The molecule has 2 amide bonds. The Balaban J connectivity index is 1.03. The number of benzene rings is 4. The Hall–Kier alpha value is -5.06. The molecule has 4 aromatic rings. The number of piperidine rings is 1. The van der Waals surface area contributed by atoms with Gasteiger partial charge in [0.1, 0.15) is 30.8 Å². The zero-order chi connectivity index (χ0) is 36.4. The summed E-state index contributed by atoms with van der Waals surface area (Å²) in [6.07, 6.45) is 1.78. The molecule has 0 aromatic heterocycles. The number of anilines is 1. The Labute approximate surface area is 312 Å². The molecule has 3 unspecified atom stereocenters. The molecule has 10 heteroatoms. The van der Waals surface area contributed by atoms with Crippen LogP contribution in [0.3, 0.4) is 0 Å². The summed E-state index contributed by atoms with van der Waals surface area (Å²) in [6.45, 7) is 5.83. The van der Waals surface area contributed by atoms with Gasteiger partial charge in [-0.25, -0.2) is 4.79 Å². The van der Waals surface area contributed by atoms with E-state index in [9.17, 15) is 9.59 Å². The Morgan fingerprint density at radius 2 is 1.57 bits per heavy atom. The lowest BCUT2D eigenvalue weighted by Crippen LogP contribution is -2.47. The first-order valence-electron chi connectivity index (χ1n) is 18.7. The van der Waals surface area contributed by atoms with E-state index in [0.29, 0.717) is 58.0 Å². The van der Waals surface area contributed by atoms with Crippen LogP contribution in [0.4, 0.5) is 10.5 Å². The Bertz CT molecular complexity index is 1790. The lowest BCUT2D eigenvalue weighted by atomic mass is 9.86. The molecule has 0 radical (unpaired) electrons. The highest BCUT2D eigenvalue weighted by atomic mass is 16.6. The minimum atomic E-state index is -0.348. The second kappa shape index (κ2) is 17.6. The summed E-state index contributed by atoms with van der Waals surface area (Å²) >= 11 is 0. The van der Waals surface area contributed by atoms with E-state index in [1.807, 2.05) is 95.9 Å². The van der Waals surface area contributed by atoms with Crippen LogP contribution in [0.15, 0.2) is 103 Å². The number of hydrogen-bond donors (Lipinski definition) is 0. The second-order valence-electron chi connectivity index (χ2n) is 13.9. The Kier molecular flexibility index (Phi) is 12.1. The summed E-state index contributed by atoms with van der Waals surface area (Å²) in [7, 11) is 1.73. The van der Waals surface area contributed by atoms with E-state index >= 15 is 0 Å². The highest BCUT2D eigenvalue weighted by Crippen LogP contribution is 2.35. The molecular formula is C43H49N3O7. The first-order valence-corrected chi connectivity index (χ1v) is 18.7. The number of fused-ring (bicyclic) bond motifs is 1. The lowest BCUT2D eigenvalue weighted by molar-refractivity contribution is -0.0246. The quantitative estimate of drug-likeness (QED) is 0.138. The van der Waals surface area contributed by atoms with Gasteiger partial charge in [-0.15, -0.1) is 0 Å². The fourth-order valence-electron chi connectivity index (χ4n) is 7.44. The van der Waals surface area contributed by atoms with Crippen molar-refractivity contribution in [1.82, 2.24) is 9.80 Å². The third-order valence-corrected chi connectivity index (χ3v) is 10.3. The SMILES string of the molecule is COCCCN1CCOc2ccc(COC3CN(C(=O)OCc4ccccc4)CCC3c3ccc(C(=O)N4CCC(Oc5ccccc5)C4)cc3)cc21. The van der Waals surface area contributed by atoms with E-state index in [2.05, 4.69) is 17.0 Å². The summed E-state index contributed by atoms with van der Waals surface area (Å²) in [5, 5.41) is 0. The summed E-state index contributed by atoms with van der Waals surface area (Å²) in [5.41, 5.74) is 4.78. The molecule has 3 heterocycles. The molecule has 278 valence electrons. The molecule has 3 aliphatic rings. The average Bonchev–Trinajstić information content (AvgIpc) is 3.68. The largest absolute Gasteiger partial charge is 0.490 e. The van der Waals surface area contributed by atoms with Crippen molar-refractivity contribution in [3.63, 3.8) is 0 Å². The van der Waals surface area contributed by atoms with Gasteiger partial charge in [0.05, 0.1) is 38.0 Å². The molecule has 0 N–H and O–H groups in total. The lowest BCUT2D eigenvalue weighted by Gasteiger charge is -2.38. The Morgan fingerprint density at radius 1 is 0.792 bits per heavy atom. The molecule has 53 heavy (non-hydrogen) atoms. The van der Waals surface area contributed by atoms with Gasteiger partial charge in [0.2, 0.25) is 0 Å². The number of carbonyl (C=O) groups excluding carboxylic acids is 2. The zero-order valence-corrected chi connectivity index (χ0v) is 30.4. The van der Waals surface area contributed by atoms with Crippen LogP contribution in [-0.2, 0) is 27.4 Å². The third kappa shape index (κ3) is 9.30. The van der Waals surface area contributed by atoms with Crippen molar-refractivity contribution in [3.8, 4) is 11.5 Å². The normalized spacial score (nSPS) is 19.7. The van der Waals surface area contributed by atoms with Gasteiger partial charge < -0.3 is 38.4 Å². The first kappa shape index (κ1) is 36.3. The van der Waals surface area contributed by atoms with Crippen LogP contribution in [0, 0.1) is 0 Å². The smallest absolute Gasteiger partial charge is 0.410 e. The van der Waals surface area contributed by atoms with Gasteiger partial charge in [-0.3, -0.25) is 4.79 Å². The maximum absolute atomic E-state index is 13.5. The van der Waals surface area contributed by atoms with Gasteiger partial charge in [-0.2, -0.15) is 0 Å². The number of rotatable bonds is 13. The van der Waals surface area contributed by atoms with Crippen molar-refractivity contribution >= 4 is 17.7 Å². The molecule has 0 spiro atoms. The van der Waals surface area contributed by atoms with Crippen LogP contribution >= 0.6 is 0 Å². The van der Waals surface area contributed by atoms with E-state index in [4.69, 9.17) is 23.7 Å². The first-order chi connectivity index (χ1) is 26.0. The number of ether oxygens (including phenoxy) is 5. The van der Waals surface area contributed by atoms with Crippen LogP contribution in [0.1, 0.15) is 52.2 Å². The maximum Gasteiger partial charge on any atom is 0.410 e. The summed E-state index contributed by atoms with van der Waals surface area (Å²) in [4.78, 5) is 32.8. The predicted octanol–water partition coefficient (Wildman–Crippen LogP) is 6.93. The number of nitrogens with zero attached hydrogens (tertiary/aromatic N) is 3. The molecule has 10 nitrogen and oxygen atoms in total. The van der Waals surface area contributed by atoms with Crippen molar-refractivity contribution in [3.05, 3.63) is 125 Å². The highest BCUT2D eigenvalue weighted by molar-refractivity contribution is 5.94. The van der Waals surface area contributed by atoms with Crippen LogP contribution < -0.4 is 14.4 Å². The highest BCUT2D eigenvalue weighted by Gasteiger charge is 2.35. The molecule has 3 atom stereocenters. The van der Waals surface area contributed by atoms with Gasteiger partial charge >= 0.3 is 6.09 Å². The van der Waals surface area contributed by atoms with E-state index in [-0.39, 0.29) is 36.7 Å². The molecule has 0 saturated carbocycles. The van der Waals surface area contributed by atoms with Crippen LogP contribution in [-0.4, -0.2) is 93.6 Å². The van der Waals surface area contributed by atoms with Crippen molar-refractivity contribution in [2.45, 2.75) is 50.6 Å². The van der Waals surface area contributed by atoms with E-state index in [0.717, 1.165) is 59.8 Å². The molecule has 3 aliphatic heterocycles. The number of hydrogen-bond acceptors (Lipinski definition) is 8. The van der Waals surface area contributed by atoms with Crippen molar-refractivity contribution in [2.75, 3.05) is 64.5 Å². The average molecular weight is 720 g/mol. The molecular weight excluding hydrogens is 670 g/mol. The van der Waals surface area contributed by atoms with Crippen molar-refractivity contribution < 1.29 is 33.3 Å². The second-order valence-corrected chi connectivity index (χ2v) is 13.9. The van der Waals surface area contributed by atoms with Crippen LogP contribution in [0.2, 0.25) is 0 Å². The van der Waals surface area contributed by atoms with Crippen LogP contribution in [0.25, 0.3) is 0 Å². The molecule has 0 bridgehead atoms. The monoisotopic (exact) mass is 719 g/mol. The fourth-order valence-corrected chi connectivity index (χ4v) is 7.44. The molecule has 4 aromatic carbocycles. The van der Waals surface area contributed by atoms with Crippen molar-refractivity contribution in [1.29, 1.82) is 0 Å². The van der Waals surface area contributed by atoms with Gasteiger partial charge in [-0.05, 0) is 65.9 Å². The van der Waals surface area contributed by atoms with Gasteiger partial charge in [-0.1, -0.05) is 66.7 Å².